The maximum Gasteiger partial charge on any atom is 0.272 e. The number of pyridine rings is 1. The molecule has 1 N–H and O–H groups in total. The highest BCUT2D eigenvalue weighted by Gasteiger charge is 2.13. The van der Waals surface area contributed by atoms with Gasteiger partial charge in [-0.2, -0.15) is 0 Å². The standard InChI is InChI=1S/C17H14ClN3O/c18-16-14(8-4-10-19-16)20-17(22)15-9-5-11-21(15)12-13-6-2-1-3-7-13/h1-11H,12H2,(H,20,22). The van der Waals surface area contributed by atoms with E-state index in [1.165, 1.54) is 0 Å². The lowest BCUT2D eigenvalue weighted by atomic mass is 10.2. The zero-order valence-electron chi connectivity index (χ0n) is 11.7. The topological polar surface area (TPSA) is 46.9 Å². The van der Waals surface area contributed by atoms with Crippen LogP contribution in [0.3, 0.4) is 0 Å². The van der Waals surface area contributed by atoms with Gasteiger partial charge in [0.2, 0.25) is 0 Å². The van der Waals surface area contributed by atoms with Crippen molar-refractivity contribution in [2.24, 2.45) is 0 Å². The number of nitrogens with zero attached hydrogens (tertiary/aromatic N) is 2. The van der Waals surface area contributed by atoms with E-state index >= 15 is 0 Å². The van der Waals surface area contributed by atoms with E-state index in [1.54, 1.807) is 24.4 Å². The minimum atomic E-state index is -0.212. The number of hydrogen-bond donors (Lipinski definition) is 1. The highest BCUT2D eigenvalue weighted by molar-refractivity contribution is 6.32. The Kier molecular flexibility index (Phi) is 4.21. The van der Waals surface area contributed by atoms with E-state index < -0.39 is 0 Å². The van der Waals surface area contributed by atoms with Crippen molar-refractivity contribution in [2.75, 3.05) is 5.32 Å². The molecule has 0 radical (unpaired) electrons. The van der Waals surface area contributed by atoms with Gasteiger partial charge in [0.15, 0.2) is 5.15 Å². The molecular weight excluding hydrogens is 298 g/mol. The van der Waals surface area contributed by atoms with Crippen molar-refractivity contribution in [2.45, 2.75) is 6.54 Å². The average Bonchev–Trinajstić information content (AvgIpc) is 2.99. The van der Waals surface area contributed by atoms with Crippen LogP contribution in [0.25, 0.3) is 0 Å². The summed E-state index contributed by atoms with van der Waals surface area (Å²) in [6.45, 7) is 0.636. The lowest BCUT2D eigenvalue weighted by molar-refractivity contribution is 0.101. The van der Waals surface area contributed by atoms with E-state index in [1.807, 2.05) is 47.2 Å². The molecule has 22 heavy (non-hydrogen) atoms. The summed E-state index contributed by atoms with van der Waals surface area (Å²) in [6, 6.07) is 17.1. The van der Waals surface area contributed by atoms with Gasteiger partial charge in [-0.05, 0) is 29.8 Å². The number of rotatable bonds is 4. The molecule has 1 amide bonds. The summed E-state index contributed by atoms with van der Waals surface area (Å²) in [6.07, 6.45) is 3.46. The van der Waals surface area contributed by atoms with Crippen LogP contribution in [-0.4, -0.2) is 15.5 Å². The Hall–Kier alpha value is -2.59. The molecule has 0 aliphatic heterocycles. The summed E-state index contributed by atoms with van der Waals surface area (Å²) >= 11 is 5.97. The second kappa shape index (κ2) is 6.45. The number of aromatic nitrogens is 2. The Morgan fingerprint density at radius 3 is 2.68 bits per heavy atom. The molecule has 0 spiro atoms. The third kappa shape index (κ3) is 3.18. The maximum atomic E-state index is 12.4. The summed E-state index contributed by atoms with van der Waals surface area (Å²) in [5.74, 6) is -0.212. The van der Waals surface area contributed by atoms with E-state index in [9.17, 15) is 4.79 Å². The van der Waals surface area contributed by atoms with Gasteiger partial charge in [-0.25, -0.2) is 4.98 Å². The molecule has 0 bridgehead atoms. The Bertz CT molecular complexity index is 783. The molecule has 2 aromatic heterocycles. The minimum absolute atomic E-state index is 0.212. The van der Waals surface area contributed by atoms with Crippen molar-refractivity contribution in [1.82, 2.24) is 9.55 Å². The fourth-order valence-corrected chi connectivity index (χ4v) is 2.37. The Labute approximate surface area is 133 Å². The Morgan fingerprint density at radius 1 is 1.09 bits per heavy atom. The molecular formula is C17H14ClN3O. The molecule has 0 fully saturated rings. The van der Waals surface area contributed by atoms with Gasteiger partial charge in [0.25, 0.3) is 5.91 Å². The summed E-state index contributed by atoms with van der Waals surface area (Å²) in [5.41, 5.74) is 2.21. The van der Waals surface area contributed by atoms with Crippen LogP contribution in [0.4, 0.5) is 5.69 Å². The molecule has 3 rings (SSSR count). The first-order valence-electron chi connectivity index (χ1n) is 6.85. The number of benzene rings is 1. The van der Waals surface area contributed by atoms with E-state index in [4.69, 9.17) is 11.6 Å². The van der Waals surface area contributed by atoms with Gasteiger partial charge in [0.05, 0.1) is 5.69 Å². The third-order valence-corrected chi connectivity index (χ3v) is 3.57. The van der Waals surface area contributed by atoms with Crippen LogP contribution in [0.1, 0.15) is 16.1 Å². The number of carbonyl (C=O) groups excluding carboxylic acids is 1. The van der Waals surface area contributed by atoms with Gasteiger partial charge in [-0.15, -0.1) is 0 Å². The van der Waals surface area contributed by atoms with Gasteiger partial charge in [0, 0.05) is 18.9 Å². The van der Waals surface area contributed by atoms with E-state index in [0.29, 0.717) is 17.9 Å². The molecule has 0 saturated carbocycles. The van der Waals surface area contributed by atoms with Crippen LogP contribution in [-0.2, 0) is 6.54 Å². The quantitative estimate of drug-likeness (QED) is 0.744. The molecule has 0 aliphatic carbocycles. The first kappa shape index (κ1) is 14.4. The zero-order chi connectivity index (χ0) is 15.4. The predicted octanol–water partition coefficient (Wildman–Crippen LogP) is 3.84. The molecule has 3 aromatic rings. The SMILES string of the molecule is O=C(Nc1cccnc1Cl)c1cccn1Cc1ccccc1. The smallest absolute Gasteiger partial charge is 0.272 e. The van der Waals surface area contributed by atoms with Gasteiger partial charge in [0.1, 0.15) is 5.69 Å². The van der Waals surface area contributed by atoms with Crippen LogP contribution < -0.4 is 5.32 Å². The average molecular weight is 312 g/mol. The van der Waals surface area contributed by atoms with Crippen molar-refractivity contribution in [1.29, 1.82) is 0 Å². The second-order valence-corrected chi connectivity index (χ2v) is 5.16. The maximum absolute atomic E-state index is 12.4. The molecule has 0 saturated heterocycles. The number of nitrogens with one attached hydrogen (secondary N) is 1. The van der Waals surface area contributed by atoms with Crippen LogP contribution in [0.5, 0.6) is 0 Å². The van der Waals surface area contributed by atoms with Crippen LogP contribution in [0.15, 0.2) is 67.0 Å². The molecule has 0 unspecified atom stereocenters. The van der Waals surface area contributed by atoms with Crippen molar-refractivity contribution >= 4 is 23.2 Å². The predicted molar refractivity (Wildman–Crippen MR) is 87.2 cm³/mol. The monoisotopic (exact) mass is 311 g/mol. The first-order chi connectivity index (χ1) is 10.7. The number of carbonyl (C=O) groups is 1. The van der Waals surface area contributed by atoms with Gasteiger partial charge in [-0.1, -0.05) is 41.9 Å². The van der Waals surface area contributed by atoms with Crippen molar-refractivity contribution < 1.29 is 4.79 Å². The zero-order valence-corrected chi connectivity index (χ0v) is 12.5. The van der Waals surface area contributed by atoms with E-state index in [-0.39, 0.29) is 11.1 Å². The summed E-state index contributed by atoms with van der Waals surface area (Å²) in [5, 5.41) is 3.06. The lowest BCUT2D eigenvalue weighted by Crippen LogP contribution is -2.17. The van der Waals surface area contributed by atoms with Gasteiger partial charge in [-0.3, -0.25) is 4.79 Å². The molecule has 0 atom stereocenters. The van der Waals surface area contributed by atoms with E-state index in [0.717, 1.165) is 5.56 Å². The largest absolute Gasteiger partial charge is 0.339 e. The van der Waals surface area contributed by atoms with Crippen molar-refractivity contribution in [3.05, 3.63) is 83.4 Å². The summed E-state index contributed by atoms with van der Waals surface area (Å²) in [4.78, 5) is 16.4. The molecule has 2 heterocycles. The van der Waals surface area contributed by atoms with Crippen LogP contribution in [0.2, 0.25) is 5.15 Å². The molecule has 110 valence electrons. The Morgan fingerprint density at radius 2 is 1.91 bits per heavy atom. The van der Waals surface area contributed by atoms with Crippen LogP contribution >= 0.6 is 11.6 Å². The third-order valence-electron chi connectivity index (χ3n) is 3.27. The summed E-state index contributed by atoms with van der Waals surface area (Å²) in [7, 11) is 0. The van der Waals surface area contributed by atoms with Crippen LogP contribution in [0, 0.1) is 0 Å². The highest BCUT2D eigenvalue weighted by atomic mass is 35.5. The number of hydrogen-bond acceptors (Lipinski definition) is 2. The lowest BCUT2D eigenvalue weighted by Gasteiger charge is -2.10. The number of halogens is 1. The molecule has 5 heteroatoms. The number of amides is 1. The second-order valence-electron chi connectivity index (χ2n) is 4.80. The minimum Gasteiger partial charge on any atom is -0.339 e. The molecule has 1 aromatic carbocycles. The summed E-state index contributed by atoms with van der Waals surface area (Å²) < 4.78 is 1.90. The number of anilines is 1. The van der Waals surface area contributed by atoms with Crippen molar-refractivity contribution in [3.63, 3.8) is 0 Å². The highest BCUT2D eigenvalue weighted by Crippen LogP contribution is 2.19. The normalized spacial score (nSPS) is 10.4. The van der Waals surface area contributed by atoms with Gasteiger partial charge >= 0.3 is 0 Å². The van der Waals surface area contributed by atoms with E-state index in [2.05, 4.69) is 10.3 Å². The molecule has 0 aliphatic rings. The van der Waals surface area contributed by atoms with Gasteiger partial charge < -0.3 is 9.88 Å². The van der Waals surface area contributed by atoms with Crippen molar-refractivity contribution in [3.8, 4) is 0 Å². The molecule has 4 nitrogen and oxygen atoms in total. The fraction of sp³-hybridized carbons (Fsp3) is 0.0588. The fourth-order valence-electron chi connectivity index (χ4n) is 2.20. The Balaban J connectivity index is 1.79. The first-order valence-corrected chi connectivity index (χ1v) is 7.23.